The lowest BCUT2D eigenvalue weighted by molar-refractivity contribution is 0.770. The van der Waals surface area contributed by atoms with Gasteiger partial charge in [-0.15, -0.1) is 0 Å². The van der Waals surface area contributed by atoms with E-state index < -0.39 is 0 Å². The molecule has 0 unspecified atom stereocenters. The van der Waals surface area contributed by atoms with Crippen LogP contribution < -0.4 is 0 Å². The van der Waals surface area contributed by atoms with Crippen LogP contribution in [-0.2, 0) is 0 Å². The maximum atomic E-state index is 3.93. The van der Waals surface area contributed by atoms with Crippen LogP contribution >= 0.6 is 0 Å². The average Bonchev–Trinajstić information content (AvgIpc) is 1.79. The van der Waals surface area contributed by atoms with Crippen LogP contribution in [0.5, 0.6) is 0 Å². The maximum absolute atomic E-state index is 3.93. The van der Waals surface area contributed by atoms with Crippen LogP contribution in [0.3, 0.4) is 0 Å². The fourth-order valence-electron chi connectivity index (χ4n) is 0.382. The Labute approximate surface area is 63.1 Å². The van der Waals surface area contributed by atoms with Crippen molar-refractivity contribution in [3.63, 3.8) is 0 Å². The van der Waals surface area contributed by atoms with E-state index in [2.05, 4.69) is 24.1 Å². The molecule has 0 saturated heterocycles. The second kappa shape index (κ2) is 5.15. The molecule has 0 spiro atoms. The fourth-order valence-corrected chi connectivity index (χ4v) is 0.382. The predicted molar refractivity (Wildman–Crippen MR) is 44.0 cm³/mol. The minimum atomic E-state index is 0.303. The standard InChI is InChI=1S/C8H16N2/c1-7(2)5-6-9-10-8(3)4/h5-8H,1-4H3/b6-5-,10-9?. The first kappa shape index (κ1) is 9.34. The zero-order valence-corrected chi connectivity index (χ0v) is 7.20. The Balaban J connectivity index is 3.52. The Morgan fingerprint density at radius 1 is 1.10 bits per heavy atom. The first-order valence-corrected chi connectivity index (χ1v) is 3.69. The largest absolute Gasteiger partial charge is 0.187 e. The average molecular weight is 140 g/mol. The lowest BCUT2D eigenvalue weighted by Crippen LogP contribution is -1.83. The second-order valence-electron chi connectivity index (χ2n) is 2.91. The van der Waals surface area contributed by atoms with Crippen molar-refractivity contribution in [1.82, 2.24) is 0 Å². The summed E-state index contributed by atoms with van der Waals surface area (Å²) in [5, 5.41) is 7.79. The van der Waals surface area contributed by atoms with E-state index in [1.54, 1.807) is 6.20 Å². The van der Waals surface area contributed by atoms with Gasteiger partial charge in [-0.2, -0.15) is 10.2 Å². The summed E-state index contributed by atoms with van der Waals surface area (Å²) in [4.78, 5) is 0. The van der Waals surface area contributed by atoms with Gasteiger partial charge in [-0.25, -0.2) is 0 Å². The van der Waals surface area contributed by atoms with Crippen LogP contribution in [0.15, 0.2) is 22.5 Å². The third kappa shape index (κ3) is 7.34. The van der Waals surface area contributed by atoms with Gasteiger partial charge < -0.3 is 0 Å². The normalized spacial score (nSPS) is 13.0. The molecule has 0 amide bonds. The molecule has 0 aliphatic carbocycles. The Bertz CT molecular complexity index is 107. The third-order valence-electron chi connectivity index (χ3n) is 0.835. The molecule has 2 heteroatoms. The van der Waals surface area contributed by atoms with Crippen molar-refractivity contribution < 1.29 is 0 Å². The van der Waals surface area contributed by atoms with E-state index in [0.717, 1.165) is 0 Å². The third-order valence-corrected chi connectivity index (χ3v) is 0.835. The van der Waals surface area contributed by atoms with Gasteiger partial charge in [0, 0.05) is 6.20 Å². The molecule has 10 heavy (non-hydrogen) atoms. The molecule has 0 N–H and O–H groups in total. The molecule has 0 fully saturated rings. The number of allylic oxidation sites excluding steroid dienone is 1. The molecular weight excluding hydrogens is 124 g/mol. The fraction of sp³-hybridized carbons (Fsp3) is 0.750. The van der Waals surface area contributed by atoms with Crippen molar-refractivity contribution >= 4 is 0 Å². The summed E-state index contributed by atoms with van der Waals surface area (Å²) in [5.41, 5.74) is 0. The molecule has 0 aliphatic heterocycles. The van der Waals surface area contributed by atoms with Crippen molar-refractivity contribution in [2.24, 2.45) is 16.1 Å². The topological polar surface area (TPSA) is 24.7 Å². The van der Waals surface area contributed by atoms with Gasteiger partial charge in [0.25, 0.3) is 0 Å². The molecule has 0 bridgehead atoms. The highest BCUT2D eigenvalue weighted by Crippen LogP contribution is 1.94. The smallest absolute Gasteiger partial charge is 0.0656 e. The zero-order valence-electron chi connectivity index (χ0n) is 7.20. The molecule has 0 heterocycles. The van der Waals surface area contributed by atoms with Crippen molar-refractivity contribution in [3.8, 4) is 0 Å². The van der Waals surface area contributed by atoms with Gasteiger partial charge in [0.1, 0.15) is 0 Å². The van der Waals surface area contributed by atoms with E-state index in [4.69, 9.17) is 0 Å². The molecule has 0 aliphatic rings. The van der Waals surface area contributed by atoms with E-state index in [1.807, 2.05) is 19.9 Å². The maximum Gasteiger partial charge on any atom is 0.0656 e. The summed E-state index contributed by atoms with van der Waals surface area (Å²) in [5.74, 6) is 0.561. The van der Waals surface area contributed by atoms with Crippen molar-refractivity contribution in [2.75, 3.05) is 0 Å². The van der Waals surface area contributed by atoms with Gasteiger partial charge in [-0.3, -0.25) is 0 Å². The number of azo groups is 1. The summed E-state index contributed by atoms with van der Waals surface area (Å²) in [6, 6.07) is 0.303. The Morgan fingerprint density at radius 2 is 1.70 bits per heavy atom. The molecular formula is C8H16N2. The highest BCUT2D eigenvalue weighted by atomic mass is 15.1. The van der Waals surface area contributed by atoms with E-state index in [-0.39, 0.29) is 0 Å². The van der Waals surface area contributed by atoms with Crippen LogP contribution in [0.2, 0.25) is 0 Å². The van der Waals surface area contributed by atoms with E-state index in [9.17, 15) is 0 Å². The summed E-state index contributed by atoms with van der Waals surface area (Å²) < 4.78 is 0. The van der Waals surface area contributed by atoms with Crippen LogP contribution in [0.4, 0.5) is 0 Å². The minimum absolute atomic E-state index is 0.303. The summed E-state index contributed by atoms with van der Waals surface area (Å²) in [7, 11) is 0. The van der Waals surface area contributed by atoms with Gasteiger partial charge in [0.15, 0.2) is 0 Å². The quantitative estimate of drug-likeness (QED) is 0.538. The Morgan fingerprint density at radius 3 is 2.10 bits per heavy atom. The second-order valence-corrected chi connectivity index (χ2v) is 2.91. The molecule has 0 rings (SSSR count). The first-order valence-electron chi connectivity index (χ1n) is 3.69. The molecule has 0 aromatic rings. The minimum Gasteiger partial charge on any atom is -0.187 e. The molecule has 0 atom stereocenters. The number of nitrogens with zero attached hydrogens (tertiary/aromatic N) is 2. The van der Waals surface area contributed by atoms with E-state index in [1.165, 1.54) is 0 Å². The summed E-state index contributed by atoms with van der Waals surface area (Å²) >= 11 is 0. The van der Waals surface area contributed by atoms with E-state index in [0.29, 0.717) is 12.0 Å². The molecule has 0 radical (unpaired) electrons. The first-order chi connectivity index (χ1) is 4.63. The number of hydrogen-bond donors (Lipinski definition) is 0. The van der Waals surface area contributed by atoms with Crippen LogP contribution in [0.1, 0.15) is 27.7 Å². The van der Waals surface area contributed by atoms with Gasteiger partial charge in [0.2, 0.25) is 0 Å². The van der Waals surface area contributed by atoms with Gasteiger partial charge in [0.05, 0.1) is 6.04 Å². The lowest BCUT2D eigenvalue weighted by Gasteiger charge is -1.90. The SMILES string of the molecule is CC(C)/C=C\N=NC(C)C. The van der Waals surface area contributed by atoms with E-state index >= 15 is 0 Å². The van der Waals surface area contributed by atoms with Crippen LogP contribution in [0.25, 0.3) is 0 Å². The van der Waals surface area contributed by atoms with Gasteiger partial charge in [-0.05, 0) is 19.8 Å². The lowest BCUT2D eigenvalue weighted by atomic mass is 10.2. The molecule has 0 aromatic heterocycles. The van der Waals surface area contributed by atoms with Crippen LogP contribution in [-0.4, -0.2) is 6.04 Å². The Hall–Kier alpha value is -0.660. The highest BCUT2D eigenvalue weighted by molar-refractivity contribution is 4.81. The zero-order chi connectivity index (χ0) is 7.98. The molecule has 58 valence electrons. The summed E-state index contributed by atoms with van der Waals surface area (Å²) in [6.45, 7) is 8.24. The molecule has 0 saturated carbocycles. The van der Waals surface area contributed by atoms with Crippen LogP contribution in [0, 0.1) is 5.92 Å². The predicted octanol–water partition coefficient (Wildman–Crippen LogP) is 3.02. The van der Waals surface area contributed by atoms with Gasteiger partial charge in [-0.1, -0.05) is 19.9 Å². The molecule has 0 aromatic carbocycles. The van der Waals surface area contributed by atoms with Gasteiger partial charge >= 0.3 is 0 Å². The van der Waals surface area contributed by atoms with Crippen molar-refractivity contribution in [3.05, 3.63) is 12.3 Å². The molecule has 2 nitrogen and oxygen atoms in total. The monoisotopic (exact) mass is 140 g/mol. The van der Waals surface area contributed by atoms with Crippen molar-refractivity contribution in [1.29, 1.82) is 0 Å². The number of rotatable bonds is 3. The number of hydrogen-bond acceptors (Lipinski definition) is 2. The summed E-state index contributed by atoms with van der Waals surface area (Å²) in [6.07, 6.45) is 3.77. The van der Waals surface area contributed by atoms with Crippen molar-refractivity contribution in [2.45, 2.75) is 33.7 Å². The Kier molecular flexibility index (Phi) is 4.81. The highest BCUT2D eigenvalue weighted by Gasteiger charge is 1.83.